The minimum Gasteiger partial charge on any atom is -0.504 e. The fourth-order valence-corrected chi connectivity index (χ4v) is 6.85. The van der Waals surface area contributed by atoms with Crippen molar-refractivity contribution in [1.29, 1.82) is 0 Å². The van der Waals surface area contributed by atoms with E-state index >= 15 is 0 Å². The van der Waals surface area contributed by atoms with Crippen LogP contribution >= 0.6 is 0 Å². The third kappa shape index (κ3) is 7.21. The molecule has 2 unspecified atom stereocenters. The number of nitrogens with one attached hydrogen (secondary N) is 2. The molecule has 0 saturated carbocycles. The van der Waals surface area contributed by atoms with Gasteiger partial charge in [-0.25, -0.2) is 0 Å². The summed E-state index contributed by atoms with van der Waals surface area (Å²) in [7, 11) is 1.94. The molecular formula is C46H43N3O4. The molecule has 53 heavy (non-hydrogen) atoms. The standard InChI is InChI=1S/C46H43N3O4/c1-6-34-38(30-24-26-31(27-25-30)40-43(52)41(50)35(7-2)42(51)44(40)53)22-15-23-39(34)37-21-14-20-36(28(37)3)29(4)48-46(33-18-12-9-13-19-33)49-45(47-5)32-16-10-8-11-17-32/h6-27,45-47,49-53H,1-2H2,3-5H3. The second-order valence-corrected chi connectivity index (χ2v) is 12.7. The Morgan fingerprint density at radius 2 is 1.13 bits per heavy atom. The molecule has 0 saturated heterocycles. The first-order chi connectivity index (χ1) is 25.7. The smallest absolute Gasteiger partial charge is 0.170 e. The Hall–Kier alpha value is -6.41. The first kappa shape index (κ1) is 36.4. The number of aromatic hydroxyl groups is 4. The largest absolute Gasteiger partial charge is 0.504 e. The molecule has 0 heterocycles. The minimum atomic E-state index is -0.560. The van der Waals surface area contributed by atoms with Gasteiger partial charge in [0.1, 0.15) is 6.17 Å². The Bertz CT molecular complexity index is 2270. The van der Waals surface area contributed by atoms with Gasteiger partial charge in [-0.05, 0) is 76.5 Å². The van der Waals surface area contributed by atoms with E-state index in [0.717, 1.165) is 61.9 Å². The highest BCUT2D eigenvalue weighted by atomic mass is 16.3. The van der Waals surface area contributed by atoms with E-state index in [1.807, 2.05) is 80.7 Å². The lowest BCUT2D eigenvalue weighted by atomic mass is 9.87. The molecular weight excluding hydrogens is 659 g/mol. The van der Waals surface area contributed by atoms with Gasteiger partial charge in [-0.3, -0.25) is 10.3 Å². The molecule has 0 aliphatic rings. The molecule has 266 valence electrons. The molecule has 0 fully saturated rings. The summed E-state index contributed by atoms with van der Waals surface area (Å²) in [6.07, 6.45) is 2.58. The maximum absolute atomic E-state index is 10.7. The quantitative estimate of drug-likeness (QED) is 0.0327. The lowest BCUT2D eigenvalue weighted by Gasteiger charge is -2.25. The van der Waals surface area contributed by atoms with Crippen LogP contribution in [0.3, 0.4) is 0 Å². The predicted octanol–water partition coefficient (Wildman–Crippen LogP) is 10.1. The van der Waals surface area contributed by atoms with Crippen molar-refractivity contribution in [3.05, 3.63) is 168 Å². The van der Waals surface area contributed by atoms with Crippen LogP contribution in [0.5, 0.6) is 23.0 Å². The van der Waals surface area contributed by atoms with E-state index in [2.05, 4.69) is 79.2 Å². The molecule has 0 aliphatic heterocycles. The van der Waals surface area contributed by atoms with Crippen molar-refractivity contribution in [3.63, 3.8) is 0 Å². The van der Waals surface area contributed by atoms with Gasteiger partial charge in [0.15, 0.2) is 23.0 Å². The molecule has 6 aromatic rings. The summed E-state index contributed by atoms with van der Waals surface area (Å²) in [4.78, 5) is 5.27. The van der Waals surface area contributed by atoms with Crippen LogP contribution in [0.4, 0.5) is 0 Å². The number of aliphatic imine (C=N–C) groups is 1. The molecule has 0 aliphatic carbocycles. The van der Waals surface area contributed by atoms with E-state index in [-0.39, 0.29) is 23.5 Å². The molecule has 0 amide bonds. The fraction of sp³-hybridized carbons (Fsp3) is 0.109. The van der Waals surface area contributed by atoms with Crippen molar-refractivity contribution in [1.82, 2.24) is 10.6 Å². The predicted molar refractivity (Wildman–Crippen MR) is 217 cm³/mol. The Kier molecular flexibility index (Phi) is 10.9. The third-order valence-electron chi connectivity index (χ3n) is 9.63. The van der Waals surface area contributed by atoms with Gasteiger partial charge >= 0.3 is 0 Å². The van der Waals surface area contributed by atoms with Crippen LogP contribution in [-0.4, -0.2) is 33.2 Å². The van der Waals surface area contributed by atoms with Gasteiger partial charge < -0.3 is 25.7 Å². The first-order valence-corrected chi connectivity index (χ1v) is 17.3. The molecule has 0 radical (unpaired) electrons. The second kappa shape index (κ2) is 15.9. The van der Waals surface area contributed by atoms with E-state index in [9.17, 15) is 20.4 Å². The lowest BCUT2D eigenvalue weighted by Crippen LogP contribution is -2.34. The zero-order chi connectivity index (χ0) is 37.6. The summed E-state index contributed by atoms with van der Waals surface area (Å²) < 4.78 is 0. The molecule has 7 heteroatoms. The molecule has 6 N–H and O–H groups in total. The zero-order valence-electron chi connectivity index (χ0n) is 30.0. The summed E-state index contributed by atoms with van der Waals surface area (Å²) >= 11 is 0. The summed E-state index contributed by atoms with van der Waals surface area (Å²) in [6.45, 7) is 11.9. The average molecular weight is 702 g/mol. The number of benzene rings is 6. The highest BCUT2D eigenvalue weighted by Gasteiger charge is 2.24. The topological polar surface area (TPSA) is 117 Å². The summed E-state index contributed by atoms with van der Waals surface area (Å²) in [6, 6.07) is 40.0. The normalized spacial score (nSPS) is 12.6. The Morgan fingerprint density at radius 1 is 0.604 bits per heavy atom. The number of hydrogen-bond acceptors (Lipinski definition) is 7. The van der Waals surface area contributed by atoms with Gasteiger partial charge in [-0.15, -0.1) is 0 Å². The molecule has 6 rings (SSSR count). The van der Waals surface area contributed by atoms with Crippen molar-refractivity contribution in [3.8, 4) is 56.4 Å². The average Bonchev–Trinajstić information content (AvgIpc) is 3.19. The van der Waals surface area contributed by atoms with E-state index in [0.29, 0.717) is 5.56 Å². The molecule has 2 atom stereocenters. The number of rotatable bonds is 12. The molecule has 0 aromatic heterocycles. The van der Waals surface area contributed by atoms with Crippen molar-refractivity contribution in [2.75, 3.05) is 7.05 Å². The van der Waals surface area contributed by atoms with Gasteiger partial charge in [0.2, 0.25) is 0 Å². The van der Waals surface area contributed by atoms with Gasteiger partial charge in [-0.2, -0.15) is 0 Å². The second-order valence-electron chi connectivity index (χ2n) is 12.7. The minimum absolute atomic E-state index is 0.0782. The van der Waals surface area contributed by atoms with Crippen LogP contribution in [0.2, 0.25) is 0 Å². The zero-order valence-corrected chi connectivity index (χ0v) is 30.0. The highest BCUT2D eigenvalue weighted by Crippen LogP contribution is 2.51. The van der Waals surface area contributed by atoms with Crippen LogP contribution in [0.1, 0.15) is 52.6 Å². The van der Waals surface area contributed by atoms with Crippen molar-refractivity contribution in [2.45, 2.75) is 26.2 Å². The van der Waals surface area contributed by atoms with Crippen LogP contribution in [0.15, 0.2) is 139 Å². The molecule has 6 aromatic carbocycles. The maximum atomic E-state index is 10.7. The fourth-order valence-electron chi connectivity index (χ4n) is 6.85. The number of phenolic OH excluding ortho intramolecular Hbond substituents is 4. The van der Waals surface area contributed by atoms with Gasteiger partial charge in [-0.1, -0.05) is 147 Å². The van der Waals surface area contributed by atoms with Crippen LogP contribution in [0, 0.1) is 6.92 Å². The van der Waals surface area contributed by atoms with E-state index < -0.39 is 23.0 Å². The van der Waals surface area contributed by atoms with Crippen molar-refractivity contribution >= 4 is 17.9 Å². The Balaban J connectivity index is 1.37. The monoisotopic (exact) mass is 701 g/mol. The third-order valence-corrected chi connectivity index (χ3v) is 9.63. The van der Waals surface area contributed by atoms with E-state index in [4.69, 9.17) is 4.99 Å². The lowest BCUT2D eigenvalue weighted by molar-refractivity contribution is 0.374. The van der Waals surface area contributed by atoms with Gasteiger partial charge in [0.25, 0.3) is 0 Å². The van der Waals surface area contributed by atoms with Crippen molar-refractivity contribution in [2.24, 2.45) is 4.99 Å². The van der Waals surface area contributed by atoms with E-state index in [1.54, 1.807) is 12.1 Å². The van der Waals surface area contributed by atoms with Crippen LogP contribution < -0.4 is 10.6 Å². The first-order valence-electron chi connectivity index (χ1n) is 17.3. The SMILES string of the molecule is C=Cc1c(-c2ccc(-c3c(O)c(O)c(C=C)c(O)c3O)cc2)cccc1-c1cccc(C(C)=NC(NC(NC)c2ccccc2)c2ccccc2)c1C. The number of hydrogen-bond donors (Lipinski definition) is 6. The van der Waals surface area contributed by atoms with Gasteiger partial charge in [0, 0.05) is 5.71 Å². The summed E-state index contributed by atoms with van der Waals surface area (Å²) in [5, 5.41) is 49.3. The van der Waals surface area contributed by atoms with Crippen LogP contribution in [-0.2, 0) is 0 Å². The molecule has 0 bridgehead atoms. The summed E-state index contributed by atoms with van der Waals surface area (Å²) in [5.74, 6) is -2.21. The Labute approximate surface area is 310 Å². The van der Waals surface area contributed by atoms with Gasteiger partial charge in [0.05, 0.1) is 17.3 Å². The Morgan fingerprint density at radius 3 is 1.72 bits per heavy atom. The van der Waals surface area contributed by atoms with E-state index in [1.165, 1.54) is 0 Å². The van der Waals surface area contributed by atoms with Crippen LogP contribution in [0.25, 0.3) is 45.5 Å². The number of phenols is 4. The molecule has 0 spiro atoms. The highest BCUT2D eigenvalue weighted by molar-refractivity contribution is 6.02. The number of nitrogens with zero attached hydrogens (tertiary/aromatic N) is 1. The summed E-state index contributed by atoms with van der Waals surface area (Å²) in [5.41, 5.74) is 10.2. The maximum Gasteiger partial charge on any atom is 0.170 e. The molecule has 7 nitrogen and oxygen atoms in total. The van der Waals surface area contributed by atoms with Crippen molar-refractivity contribution < 1.29 is 20.4 Å².